The first-order valence-electron chi connectivity index (χ1n) is 11.2. The maximum atomic E-state index is 10.7. The Hall–Kier alpha value is -3.73. The first kappa shape index (κ1) is 23.9. The second kappa shape index (κ2) is 11.8. The van der Waals surface area contributed by atoms with Crippen LogP contribution in [-0.4, -0.2) is 27.9 Å². The molecule has 0 aliphatic carbocycles. The van der Waals surface area contributed by atoms with Crippen LogP contribution in [0.1, 0.15) is 55.7 Å². The van der Waals surface area contributed by atoms with Crippen LogP contribution in [0.5, 0.6) is 17.2 Å². The molecule has 3 N–H and O–H groups in total. The second-order valence-electron chi connectivity index (χ2n) is 7.92. The van der Waals surface area contributed by atoms with Crippen LogP contribution in [0.25, 0.3) is 11.1 Å². The second-order valence-corrected chi connectivity index (χ2v) is 7.92. The zero-order chi connectivity index (χ0) is 23.6. The molecule has 5 heteroatoms. The Morgan fingerprint density at radius 1 is 0.727 bits per heavy atom. The number of aliphatic carboxylic acids is 1. The Morgan fingerprint density at radius 3 is 1.73 bits per heavy atom. The molecule has 0 unspecified atom stereocenters. The lowest BCUT2D eigenvalue weighted by Crippen LogP contribution is -2.02. The van der Waals surface area contributed by atoms with Gasteiger partial charge in [-0.2, -0.15) is 0 Å². The van der Waals surface area contributed by atoms with Crippen LogP contribution in [-0.2, 0) is 4.79 Å². The number of aromatic hydroxyl groups is 2. The third kappa shape index (κ3) is 6.88. The van der Waals surface area contributed by atoms with Gasteiger partial charge >= 0.3 is 5.97 Å². The summed E-state index contributed by atoms with van der Waals surface area (Å²) in [6, 6.07) is 22.2. The van der Waals surface area contributed by atoms with E-state index in [2.05, 4.69) is 6.92 Å². The van der Waals surface area contributed by atoms with Crippen molar-refractivity contribution in [3.05, 3.63) is 89.5 Å². The lowest BCUT2D eigenvalue weighted by molar-refractivity contribution is -0.137. The number of ether oxygens (including phenoxy) is 1. The third-order valence-corrected chi connectivity index (χ3v) is 5.40. The molecule has 0 radical (unpaired) electrons. The Balaban J connectivity index is 2.01. The molecule has 33 heavy (non-hydrogen) atoms. The van der Waals surface area contributed by atoms with Crippen molar-refractivity contribution in [1.29, 1.82) is 0 Å². The summed E-state index contributed by atoms with van der Waals surface area (Å²) in [5.74, 6) is 0.303. The van der Waals surface area contributed by atoms with E-state index in [0.29, 0.717) is 18.8 Å². The van der Waals surface area contributed by atoms with Gasteiger partial charge in [-0.25, -0.2) is 0 Å². The van der Waals surface area contributed by atoms with Crippen molar-refractivity contribution in [2.24, 2.45) is 0 Å². The fourth-order valence-electron chi connectivity index (χ4n) is 3.70. The van der Waals surface area contributed by atoms with Crippen LogP contribution in [0.15, 0.2) is 72.8 Å². The minimum absolute atomic E-state index is 0.0879. The normalized spacial score (nSPS) is 10.6. The number of phenols is 2. The first-order valence-corrected chi connectivity index (χ1v) is 11.2. The van der Waals surface area contributed by atoms with Gasteiger partial charge in [0.25, 0.3) is 0 Å². The number of carboxylic acids is 1. The predicted octanol–water partition coefficient (Wildman–Crippen LogP) is 6.49. The molecule has 3 aromatic rings. The summed E-state index contributed by atoms with van der Waals surface area (Å²) >= 11 is 0. The molecule has 0 amide bonds. The molecular weight excluding hydrogens is 416 g/mol. The van der Waals surface area contributed by atoms with Crippen molar-refractivity contribution in [3.8, 4) is 17.2 Å². The number of rotatable bonds is 11. The van der Waals surface area contributed by atoms with Gasteiger partial charge in [0.15, 0.2) is 0 Å². The van der Waals surface area contributed by atoms with E-state index < -0.39 is 5.97 Å². The number of unbranched alkanes of at least 4 members (excludes halogenated alkanes) is 1. The van der Waals surface area contributed by atoms with Gasteiger partial charge in [0, 0.05) is 6.42 Å². The van der Waals surface area contributed by atoms with Crippen LogP contribution in [0.2, 0.25) is 0 Å². The van der Waals surface area contributed by atoms with E-state index in [1.165, 1.54) is 5.57 Å². The van der Waals surface area contributed by atoms with E-state index in [9.17, 15) is 15.0 Å². The number of carboxylic acid groups (broad SMARTS) is 1. The molecule has 3 aromatic carbocycles. The van der Waals surface area contributed by atoms with E-state index in [0.717, 1.165) is 41.5 Å². The molecule has 0 saturated carbocycles. The quantitative estimate of drug-likeness (QED) is 0.231. The van der Waals surface area contributed by atoms with E-state index in [1.807, 2.05) is 48.5 Å². The molecule has 0 aliphatic heterocycles. The third-order valence-electron chi connectivity index (χ3n) is 5.40. The first-order chi connectivity index (χ1) is 16.0. The predicted molar refractivity (Wildman–Crippen MR) is 130 cm³/mol. The number of hydrogen-bond acceptors (Lipinski definition) is 4. The van der Waals surface area contributed by atoms with E-state index >= 15 is 0 Å². The van der Waals surface area contributed by atoms with Crippen LogP contribution in [0.3, 0.4) is 0 Å². The number of allylic oxidation sites excluding steroid dienone is 1. The Morgan fingerprint density at radius 2 is 1.24 bits per heavy atom. The standard InChI is InChI=1S/C28H30O5/c1-2-3-5-26(20-11-17-25(18-12-20)33-19-4-6-27(31)32)28(21-7-13-23(29)14-8-21)22-9-15-24(30)16-10-22/h7-18,29-30H,2-6,19H2,1H3,(H,31,32). The summed E-state index contributed by atoms with van der Waals surface area (Å²) in [5.41, 5.74) is 5.26. The summed E-state index contributed by atoms with van der Waals surface area (Å²) in [6.07, 6.45) is 3.48. The zero-order valence-electron chi connectivity index (χ0n) is 18.8. The molecule has 0 fully saturated rings. The topological polar surface area (TPSA) is 87.0 Å². The minimum atomic E-state index is -0.823. The molecule has 0 heterocycles. The highest BCUT2D eigenvalue weighted by Crippen LogP contribution is 2.37. The molecule has 5 nitrogen and oxygen atoms in total. The van der Waals surface area contributed by atoms with Crippen molar-refractivity contribution in [2.75, 3.05) is 6.61 Å². The van der Waals surface area contributed by atoms with Gasteiger partial charge in [-0.15, -0.1) is 0 Å². The maximum absolute atomic E-state index is 10.7. The number of benzene rings is 3. The van der Waals surface area contributed by atoms with Gasteiger partial charge in [-0.1, -0.05) is 49.7 Å². The molecule has 0 aliphatic rings. The van der Waals surface area contributed by atoms with Crippen LogP contribution >= 0.6 is 0 Å². The number of carbonyl (C=O) groups is 1. The van der Waals surface area contributed by atoms with Gasteiger partial charge in [0.1, 0.15) is 17.2 Å². The minimum Gasteiger partial charge on any atom is -0.508 e. The summed E-state index contributed by atoms with van der Waals surface area (Å²) in [5, 5.41) is 28.4. The van der Waals surface area contributed by atoms with Crippen molar-refractivity contribution in [1.82, 2.24) is 0 Å². The molecule has 3 rings (SSSR count). The fourth-order valence-corrected chi connectivity index (χ4v) is 3.70. The highest BCUT2D eigenvalue weighted by Gasteiger charge is 2.15. The monoisotopic (exact) mass is 446 g/mol. The SMILES string of the molecule is CCCCC(=C(c1ccc(O)cc1)c1ccc(O)cc1)c1ccc(OCCCC(=O)O)cc1. The van der Waals surface area contributed by atoms with Gasteiger partial charge in [0.05, 0.1) is 6.61 Å². The lowest BCUT2D eigenvalue weighted by Gasteiger charge is -2.18. The highest BCUT2D eigenvalue weighted by molar-refractivity contribution is 5.98. The van der Waals surface area contributed by atoms with Crippen LogP contribution in [0, 0.1) is 0 Å². The smallest absolute Gasteiger partial charge is 0.303 e. The fraction of sp³-hybridized carbons (Fsp3) is 0.250. The molecular formula is C28H30O5. The van der Waals surface area contributed by atoms with Gasteiger partial charge in [0.2, 0.25) is 0 Å². The average molecular weight is 447 g/mol. The van der Waals surface area contributed by atoms with Crippen molar-refractivity contribution < 1.29 is 24.9 Å². The molecule has 172 valence electrons. The molecule has 0 aromatic heterocycles. The molecule has 0 bridgehead atoms. The largest absolute Gasteiger partial charge is 0.508 e. The van der Waals surface area contributed by atoms with Crippen LogP contribution in [0.4, 0.5) is 0 Å². The highest BCUT2D eigenvalue weighted by atomic mass is 16.5. The van der Waals surface area contributed by atoms with Gasteiger partial charge in [-0.05, 0) is 83.5 Å². The lowest BCUT2D eigenvalue weighted by atomic mass is 9.87. The summed E-state index contributed by atoms with van der Waals surface area (Å²) in [7, 11) is 0. The Labute approximate surface area is 194 Å². The molecule has 0 saturated heterocycles. The van der Waals surface area contributed by atoms with Gasteiger partial charge < -0.3 is 20.1 Å². The van der Waals surface area contributed by atoms with Crippen LogP contribution < -0.4 is 4.74 Å². The van der Waals surface area contributed by atoms with E-state index in [-0.39, 0.29) is 17.9 Å². The summed E-state index contributed by atoms with van der Waals surface area (Å²) < 4.78 is 5.69. The Kier molecular flexibility index (Phi) is 8.53. The Bertz CT molecular complexity index is 1020. The maximum Gasteiger partial charge on any atom is 0.303 e. The van der Waals surface area contributed by atoms with Crippen molar-refractivity contribution in [2.45, 2.75) is 39.0 Å². The number of phenolic OH excluding ortho intramolecular Hbond substituents is 2. The van der Waals surface area contributed by atoms with Crippen molar-refractivity contribution >= 4 is 17.1 Å². The van der Waals surface area contributed by atoms with E-state index in [4.69, 9.17) is 9.84 Å². The molecule has 0 spiro atoms. The van der Waals surface area contributed by atoms with Crippen molar-refractivity contribution in [3.63, 3.8) is 0 Å². The summed E-state index contributed by atoms with van der Waals surface area (Å²) in [6.45, 7) is 2.52. The van der Waals surface area contributed by atoms with Gasteiger partial charge in [-0.3, -0.25) is 4.79 Å². The zero-order valence-corrected chi connectivity index (χ0v) is 18.8. The summed E-state index contributed by atoms with van der Waals surface area (Å²) in [4.78, 5) is 10.7. The average Bonchev–Trinajstić information content (AvgIpc) is 2.82. The molecule has 0 atom stereocenters. The number of hydrogen-bond donors (Lipinski definition) is 3. The van der Waals surface area contributed by atoms with E-state index in [1.54, 1.807) is 24.3 Å².